The molecule has 0 aliphatic rings. The largest absolute Gasteiger partial charge is 0.261 e. The predicted octanol–water partition coefficient (Wildman–Crippen LogP) is 2.00. The standard InChI is InChI=1S/C11H9N5S/c1-16-11(8-7-12-4-5-13-8)14-10(15-16)9-3-2-6-17-9/h2-7H,1H3. The lowest BCUT2D eigenvalue weighted by Crippen LogP contribution is -1.96. The van der Waals surface area contributed by atoms with Gasteiger partial charge in [-0.1, -0.05) is 6.07 Å². The van der Waals surface area contributed by atoms with Crippen molar-refractivity contribution >= 4 is 11.3 Å². The topological polar surface area (TPSA) is 56.5 Å². The highest BCUT2D eigenvalue weighted by molar-refractivity contribution is 7.13. The van der Waals surface area contributed by atoms with Crippen LogP contribution in [0.5, 0.6) is 0 Å². The van der Waals surface area contributed by atoms with Crippen LogP contribution in [0.25, 0.3) is 22.2 Å². The number of thiophene rings is 1. The lowest BCUT2D eigenvalue weighted by atomic mass is 10.4. The van der Waals surface area contributed by atoms with E-state index in [0.717, 1.165) is 22.2 Å². The average molecular weight is 243 g/mol. The molecule has 0 aliphatic heterocycles. The number of nitrogens with zero attached hydrogens (tertiary/aromatic N) is 5. The van der Waals surface area contributed by atoms with Gasteiger partial charge in [-0.2, -0.15) is 0 Å². The van der Waals surface area contributed by atoms with E-state index < -0.39 is 0 Å². The maximum Gasteiger partial charge on any atom is 0.191 e. The van der Waals surface area contributed by atoms with Crippen LogP contribution in [0.1, 0.15) is 0 Å². The van der Waals surface area contributed by atoms with Crippen molar-refractivity contribution in [2.45, 2.75) is 0 Å². The van der Waals surface area contributed by atoms with Crippen molar-refractivity contribution in [3.8, 4) is 22.2 Å². The van der Waals surface area contributed by atoms with E-state index in [-0.39, 0.29) is 0 Å². The first-order valence-corrected chi connectivity index (χ1v) is 5.94. The zero-order valence-electron chi connectivity index (χ0n) is 9.11. The van der Waals surface area contributed by atoms with Crippen LogP contribution < -0.4 is 0 Å². The average Bonchev–Trinajstić information content (AvgIpc) is 2.99. The molecule has 0 saturated heterocycles. The molecule has 0 saturated carbocycles. The van der Waals surface area contributed by atoms with Gasteiger partial charge in [0.15, 0.2) is 11.6 Å². The van der Waals surface area contributed by atoms with E-state index in [2.05, 4.69) is 20.1 Å². The van der Waals surface area contributed by atoms with Gasteiger partial charge in [-0.25, -0.2) is 14.6 Å². The Kier molecular flexibility index (Phi) is 2.41. The molecule has 3 aromatic rings. The summed E-state index contributed by atoms with van der Waals surface area (Å²) in [5.74, 6) is 1.45. The van der Waals surface area contributed by atoms with E-state index in [4.69, 9.17) is 0 Å². The molecule has 17 heavy (non-hydrogen) atoms. The molecule has 0 spiro atoms. The van der Waals surface area contributed by atoms with Crippen molar-refractivity contribution in [2.24, 2.45) is 7.05 Å². The fourth-order valence-corrected chi connectivity index (χ4v) is 2.19. The summed E-state index contributed by atoms with van der Waals surface area (Å²) in [7, 11) is 1.86. The second-order valence-corrected chi connectivity index (χ2v) is 4.40. The Morgan fingerprint density at radius 3 is 2.94 bits per heavy atom. The minimum absolute atomic E-state index is 0.724. The highest BCUT2D eigenvalue weighted by atomic mass is 32.1. The molecular formula is C11H9N5S. The lowest BCUT2D eigenvalue weighted by molar-refractivity contribution is 0.774. The lowest BCUT2D eigenvalue weighted by Gasteiger charge is -1.96. The van der Waals surface area contributed by atoms with Gasteiger partial charge in [0.1, 0.15) is 5.69 Å². The molecule has 3 rings (SSSR count). The van der Waals surface area contributed by atoms with E-state index >= 15 is 0 Å². The van der Waals surface area contributed by atoms with Crippen LogP contribution in [0.3, 0.4) is 0 Å². The summed E-state index contributed by atoms with van der Waals surface area (Å²) >= 11 is 1.62. The van der Waals surface area contributed by atoms with Gasteiger partial charge in [-0.3, -0.25) is 4.98 Å². The van der Waals surface area contributed by atoms with Crippen molar-refractivity contribution < 1.29 is 0 Å². The van der Waals surface area contributed by atoms with E-state index in [9.17, 15) is 0 Å². The van der Waals surface area contributed by atoms with Crippen LogP contribution in [0.2, 0.25) is 0 Å². The number of hydrogen-bond donors (Lipinski definition) is 0. The molecule has 0 aliphatic carbocycles. The summed E-state index contributed by atoms with van der Waals surface area (Å²) < 4.78 is 1.72. The zero-order valence-corrected chi connectivity index (χ0v) is 9.92. The summed E-state index contributed by atoms with van der Waals surface area (Å²) in [5.41, 5.74) is 0.727. The molecule has 3 aromatic heterocycles. The number of aromatic nitrogens is 5. The minimum atomic E-state index is 0.724. The molecule has 0 amide bonds. The summed E-state index contributed by atoms with van der Waals surface area (Å²) in [6, 6.07) is 3.98. The third-order valence-corrected chi connectivity index (χ3v) is 3.16. The van der Waals surface area contributed by atoms with E-state index in [0.29, 0.717) is 0 Å². The summed E-state index contributed by atoms with van der Waals surface area (Å²) in [4.78, 5) is 13.8. The molecule has 0 N–H and O–H groups in total. The molecular weight excluding hydrogens is 234 g/mol. The normalized spacial score (nSPS) is 10.6. The second-order valence-electron chi connectivity index (χ2n) is 3.45. The number of rotatable bonds is 2. The van der Waals surface area contributed by atoms with Gasteiger partial charge in [-0.15, -0.1) is 16.4 Å². The molecule has 0 aromatic carbocycles. The van der Waals surface area contributed by atoms with Crippen molar-refractivity contribution in [3.63, 3.8) is 0 Å². The fraction of sp³-hybridized carbons (Fsp3) is 0.0909. The third-order valence-electron chi connectivity index (χ3n) is 2.30. The molecule has 0 atom stereocenters. The Hall–Kier alpha value is -2.08. The fourth-order valence-electron chi connectivity index (χ4n) is 1.53. The molecule has 6 heteroatoms. The molecule has 0 bridgehead atoms. The van der Waals surface area contributed by atoms with Crippen molar-refractivity contribution in [1.82, 2.24) is 24.7 Å². The first-order valence-electron chi connectivity index (χ1n) is 5.06. The van der Waals surface area contributed by atoms with Gasteiger partial charge in [0.2, 0.25) is 0 Å². The van der Waals surface area contributed by atoms with Crippen molar-refractivity contribution in [1.29, 1.82) is 0 Å². The highest BCUT2D eigenvalue weighted by Crippen LogP contribution is 2.23. The first-order chi connectivity index (χ1) is 8.34. The molecule has 0 unspecified atom stereocenters. The van der Waals surface area contributed by atoms with Gasteiger partial charge in [0.05, 0.1) is 11.1 Å². The molecule has 3 heterocycles. The predicted molar refractivity (Wildman–Crippen MR) is 65.3 cm³/mol. The molecule has 0 radical (unpaired) electrons. The van der Waals surface area contributed by atoms with Crippen LogP contribution in [-0.2, 0) is 7.05 Å². The Balaban J connectivity index is 2.08. The Labute approximate surface area is 102 Å². The van der Waals surface area contributed by atoms with Crippen LogP contribution in [0, 0.1) is 0 Å². The quantitative estimate of drug-likeness (QED) is 0.690. The van der Waals surface area contributed by atoms with Gasteiger partial charge in [-0.05, 0) is 11.4 Å². The maximum atomic E-state index is 4.48. The first kappa shape index (κ1) is 10.1. The van der Waals surface area contributed by atoms with E-state index in [1.165, 1.54) is 0 Å². The van der Waals surface area contributed by atoms with Crippen molar-refractivity contribution in [2.75, 3.05) is 0 Å². The second kappa shape index (κ2) is 4.06. The monoisotopic (exact) mass is 243 g/mol. The molecule has 84 valence electrons. The maximum absolute atomic E-state index is 4.48. The van der Waals surface area contributed by atoms with Gasteiger partial charge < -0.3 is 0 Å². The van der Waals surface area contributed by atoms with Gasteiger partial charge in [0.25, 0.3) is 0 Å². The molecule has 5 nitrogen and oxygen atoms in total. The number of aryl methyl sites for hydroxylation is 1. The molecule has 0 fully saturated rings. The van der Waals surface area contributed by atoms with Crippen LogP contribution in [-0.4, -0.2) is 24.7 Å². The van der Waals surface area contributed by atoms with E-state index in [1.54, 1.807) is 34.6 Å². The van der Waals surface area contributed by atoms with E-state index in [1.807, 2.05) is 24.6 Å². The minimum Gasteiger partial charge on any atom is -0.261 e. The summed E-state index contributed by atoms with van der Waals surface area (Å²) in [6.07, 6.45) is 4.97. The zero-order chi connectivity index (χ0) is 11.7. The highest BCUT2D eigenvalue weighted by Gasteiger charge is 2.12. The smallest absolute Gasteiger partial charge is 0.191 e. The van der Waals surface area contributed by atoms with Crippen LogP contribution in [0.15, 0.2) is 36.1 Å². The van der Waals surface area contributed by atoms with Crippen LogP contribution >= 0.6 is 11.3 Å². The number of hydrogen-bond acceptors (Lipinski definition) is 5. The Bertz CT molecular complexity index is 615. The Morgan fingerprint density at radius 1 is 1.29 bits per heavy atom. The van der Waals surface area contributed by atoms with Gasteiger partial charge in [0, 0.05) is 19.4 Å². The van der Waals surface area contributed by atoms with Gasteiger partial charge >= 0.3 is 0 Å². The summed E-state index contributed by atoms with van der Waals surface area (Å²) in [5, 5.41) is 6.39. The summed E-state index contributed by atoms with van der Waals surface area (Å²) in [6.45, 7) is 0. The van der Waals surface area contributed by atoms with Crippen molar-refractivity contribution in [3.05, 3.63) is 36.1 Å². The van der Waals surface area contributed by atoms with Crippen LogP contribution in [0.4, 0.5) is 0 Å². The Morgan fingerprint density at radius 2 is 2.24 bits per heavy atom. The third kappa shape index (κ3) is 1.83. The SMILES string of the molecule is Cn1nc(-c2cccs2)nc1-c1cnccn1.